The minimum absolute atomic E-state index is 0.150. The highest BCUT2D eigenvalue weighted by atomic mass is 35.5. The maximum atomic E-state index is 14.0. The van der Waals surface area contributed by atoms with Crippen LogP contribution in [0.2, 0.25) is 5.02 Å². The van der Waals surface area contributed by atoms with Gasteiger partial charge in [-0.25, -0.2) is 0 Å². The molecule has 0 aliphatic carbocycles. The van der Waals surface area contributed by atoms with E-state index in [4.69, 9.17) is 16.3 Å². The Balaban J connectivity index is 1.50. The molecule has 9 heteroatoms. The number of hydrogen-bond donors (Lipinski definition) is 1. The van der Waals surface area contributed by atoms with Crippen molar-refractivity contribution in [2.24, 2.45) is 0 Å². The van der Waals surface area contributed by atoms with Crippen molar-refractivity contribution in [1.29, 1.82) is 0 Å². The Bertz CT molecular complexity index is 1280. The first-order valence-corrected chi connectivity index (χ1v) is 11.9. The largest absolute Gasteiger partial charge is 0.497 e. The van der Waals surface area contributed by atoms with Gasteiger partial charge in [0.25, 0.3) is 5.91 Å². The average Bonchev–Trinajstić information content (AvgIpc) is 3.31. The molecule has 0 saturated carbocycles. The molecule has 2 aliphatic heterocycles. The number of carbonyl (C=O) groups excluding carboxylic acids is 3. The maximum absolute atomic E-state index is 14.0. The van der Waals surface area contributed by atoms with Crippen molar-refractivity contribution in [3.8, 4) is 5.75 Å². The van der Waals surface area contributed by atoms with Gasteiger partial charge in [-0.1, -0.05) is 29.8 Å². The van der Waals surface area contributed by atoms with Gasteiger partial charge in [0.2, 0.25) is 16.7 Å². The van der Waals surface area contributed by atoms with Gasteiger partial charge in [0.05, 0.1) is 18.6 Å². The van der Waals surface area contributed by atoms with Gasteiger partial charge >= 0.3 is 0 Å². The summed E-state index contributed by atoms with van der Waals surface area (Å²) in [7, 11) is 1.57. The number of nitrogens with zero attached hydrogens (tertiary/aromatic N) is 2. The van der Waals surface area contributed by atoms with Crippen molar-refractivity contribution in [1.82, 2.24) is 0 Å². The van der Waals surface area contributed by atoms with Crippen LogP contribution in [0, 0.1) is 0 Å². The first-order chi connectivity index (χ1) is 16.4. The smallest absolute Gasteiger partial charge is 0.269 e. The van der Waals surface area contributed by atoms with E-state index in [9.17, 15) is 14.4 Å². The van der Waals surface area contributed by atoms with Crippen molar-refractivity contribution >= 4 is 58.1 Å². The molecule has 3 aromatic carbocycles. The number of methoxy groups -OCH3 is 1. The van der Waals surface area contributed by atoms with Crippen LogP contribution >= 0.6 is 23.4 Å². The maximum Gasteiger partial charge on any atom is 0.269 e. The molecule has 34 heavy (non-hydrogen) atoms. The first kappa shape index (κ1) is 22.3. The monoisotopic (exact) mass is 493 g/mol. The summed E-state index contributed by atoms with van der Waals surface area (Å²) >= 11 is 7.18. The summed E-state index contributed by atoms with van der Waals surface area (Å²) < 4.78 is 5.23. The topological polar surface area (TPSA) is 79.0 Å². The SMILES string of the molecule is COc1ccc(N2C(=O)CS[C@]23C(=O)N(CC(=O)Nc2ccc(Cl)cc2)c2ccccc23)cc1. The van der Waals surface area contributed by atoms with Gasteiger partial charge in [0.15, 0.2) is 0 Å². The molecular formula is C25H20ClN3O4S. The van der Waals surface area contributed by atoms with Crippen LogP contribution in [-0.4, -0.2) is 37.1 Å². The Labute approximate surface area is 205 Å². The molecular weight excluding hydrogens is 474 g/mol. The summed E-state index contributed by atoms with van der Waals surface area (Å²) in [4.78, 5) is 41.6. The minimum Gasteiger partial charge on any atom is -0.497 e. The zero-order valence-electron chi connectivity index (χ0n) is 18.2. The van der Waals surface area contributed by atoms with E-state index in [1.807, 2.05) is 18.2 Å². The van der Waals surface area contributed by atoms with E-state index in [1.165, 1.54) is 21.6 Å². The lowest BCUT2D eigenvalue weighted by atomic mass is 10.0. The summed E-state index contributed by atoms with van der Waals surface area (Å²) in [5, 5.41) is 3.36. The normalized spacial score (nSPS) is 19.0. The number of nitrogens with one attached hydrogen (secondary N) is 1. The lowest BCUT2D eigenvalue weighted by Gasteiger charge is -2.33. The second-order valence-electron chi connectivity index (χ2n) is 7.82. The second kappa shape index (κ2) is 8.70. The zero-order chi connectivity index (χ0) is 23.9. The molecule has 1 saturated heterocycles. The van der Waals surface area contributed by atoms with Crippen molar-refractivity contribution in [3.05, 3.63) is 83.4 Å². The Morgan fingerprint density at radius 1 is 1.06 bits per heavy atom. The lowest BCUT2D eigenvalue weighted by molar-refractivity contribution is -0.124. The number of para-hydroxylation sites is 1. The zero-order valence-corrected chi connectivity index (χ0v) is 19.7. The molecule has 0 unspecified atom stereocenters. The molecule has 2 heterocycles. The molecule has 3 amide bonds. The standard InChI is InChI=1S/C25H20ClN3O4S/c1-33-19-12-10-18(11-13-19)29-23(31)15-34-25(29)20-4-2-3-5-21(20)28(24(25)32)14-22(30)27-17-8-6-16(26)7-9-17/h2-13H,14-15H2,1H3,(H,27,30)/t25-/m1/s1. The molecule has 1 atom stereocenters. The third kappa shape index (κ3) is 3.59. The molecule has 2 aliphatic rings. The van der Waals surface area contributed by atoms with E-state index >= 15 is 0 Å². The fourth-order valence-corrected chi connectivity index (χ4v) is 5.81. The number of hydrogen-bond acceptors (Lipinski definition) is 5. The number of thioether (sulfide) groups is 1. The third-order valence-corrected chi connectivity index (χ3v) is 7.46. The molecule has 7 nitrogen and oxygen atoms in total. The number of rotatable bonds is 5. The van der Waals surface area contributed by atoms with Crippen LogP contribution in [0.1, 0.15) is 5.56 Å². The molecule has 1 spiro atoms. The fraction of sp³-hybridized carbons (Fsp3) is 0.160. The van der Waals surface area contributed by atoms with Crippen molar-refractivity contribution in [2.75, 3.05) is 34.5 Å². The van der Waals surface area contributed by atoms with Crippen molar-refractivity contribution in [2.45, 2.75) is 4.87 Å². The van der Waals surface area contributed by atoms with E-state index in [0.717, 1.165) is 0 Å². The summed E-state index contributed by atoms with van der Waals surface area (Å²) in [6, 6.07) is 21.0. The number of halogens is 1. The van der Waals surface area contributed by atoms with E-state index in [0.29, 0.717) is 33.4 Å². The highest BCUT2D eigenvalue weighted by molar-refractivity contribution is 8.02. The Hall–Kier alpha value is -3.49. The van der Waals surface area contributed by atoms with Crippen LogP contribution in [0.4, 0.5) is 17.1 Å². The predicted molar refractivity (Wildman–Crippen MR) is 133 cm³/mol. The van der Waals surface area contributed by atoms with Crippen molar-refractivity contribution < 1.29 is 19.1 Å². The van der Waals surface area contributed by atoms with E-state index < -0.39 is 4.87 Å². The molecule has 0 radical (unpaired) electrons. The molecule has 172 valence electrons. The summed E-state index contributed by atoms with van der Waals surface area (Å²) in [5.41, 5.74) is 2.46. The summed E-state index contributed by atoms with van der Waals surface area (Å²) in [6.07, 6.45) is 0. The van der Waals surface area contributed by atoms with Gasteiger partial charge < -0.3 is 10.1 Å². The molecule has 5 rings (SSSR count). The lowest BCUT2D eigenvalue weighted by Crippen LogP contribution is -2.50. The summed E-state index contributed by atoms with van der Waals surface area (Å²) in [6.45, 7) is -0.189. The van der Waals surface area contributed by atoms with Crippen molar-refractivity contribution in [3.63, 3.8) is 0 Å². The van der Waals surface area contributed by atoms with E-state index in [2.05, 4.69) is 5.32 Å². The quantitative estimate of drug-likeness (QED) is 0.574. The Kier molecular flexibility index (Phi) is 5.71. The third-order valence-electron chi connectivity index (χ3n) is 5.82. The minimum atomic E-state index is -1.27. The molecule has 1 fully saturated rings. The van der Waals surface area contributed by atoms with Gasteiger partial charge in [0.1, 0.15) is 12.3 Å². The van der Waals surface area contributed by atoms with Crippen LogP contribution in [0.15, 0.2) is 72.8 Å². The summed E-state index contributed by atoms with van der Waals surface area (Å²) in [5.74, 6) is -0.0577. The highest BCUT2D eigenvalue weighted by Gasteiger charge is 2.61. The fourth-order valence-electron chi connectivity index (χ4n) is 4.32. The van der Waals surface area contributed by atoms with E-state index in [1.54, 1.807) is 61.7 Å². The second-order valence-corrected chi connectivity index (χ2v) is 9.43. The average molecular weight is 494 g/mol. The van der Waals surface area contributed by atoms with Gasteiger partial charge in [-0.15, -0.1) is 11.8 Å². The number of carbonyl (C=O) groups is 3. The first-order valence-electron chi connectivity index (χ1n) is 10.5. The predicted octanol–water partition coefficient (Wildman–Crippen LogP) is 4.27. The number of amides is 3. The molecule has 3 aromatic rings. The highest BCUT2D eigenvalue weighted by Crippen LogP contribution is 2.55. The number of anilines is 3. The van der Waals surface area contributed by atoms with Crippen LogP contribution in [-0.2, 0) is 19.3 Å². The van der Waals surface area contributed by atoms with Crippen LogP contribution in [0.25, 0.3) is 0 Å². The van der Waals surface area contributed by atoms with Crippen LogP contribution in [0.5, 0.6) is 5.75 Å². The number of ether oxygens (including phenoxy) is 1. The number of benzene rings is 3. The number of fused-ring (bicyclic) bond motifs is 2. The van der Waals surface area contributed by atoms with Gasteiger partial charge in [-0.3, -0.25) is 24.2 Å². The molecule has 1 N–H and O–H groups in total. The van der Waals surface area contributed by atoms with Crippen LogP contribution in [0.3, 0.4) is 0 Å². The van der Waals surface area contributed by atoms with Gasteiger partial charge in [0, 0.05) is 22.0 Å². The Morgan fingerprint density at radius 2 is 1.76 bits per heavy atom. The molecule has 0 aromatic heterocycles. The molecule has 0 bridgehead atoms. The van der Waals surface area contributed by atoms with E-state index in [-0.39, 0.29) is 30.0 Å². The Morgan fingerprint density at radius 3 is 2.47 bits per heavy atom. The van der Waals surface area contributed by atoms with Gasteiger partial charge in [-0.2, -0.15) is 0 Å². The van der Waals surface area contributed by atoms with Gasteiger partial charge in [-0.05, 0) is 54.6 Å². The van der Waals surface area contributed by atoms with Crippen LogP contribution < -0.4 is 19.9 Å².